The molecule has 396 valence electrons. The van der Waals surface area contributed by atoms with Crippen LogP contribution in [0.15, 0.2) is 179 Å². The fourth-order valence-electron chi connectivity index (χ4n) is 7.32. The number of carbonyl (C=O) groups is 3. The maximum Gasteiger partial charge on any atom is 0.255 e. The van der Waals surface area contributed by atoms with Crippen molar-refractivity contribution in [2.24, 2.45) is 5.73 Å². The highest BCUT2D eigenvalue weighted by Gasteiger charge is 2.30. The van der Waals surface area contributed by atoms with E-state index in [1.54, 1.807) is 91.4 Å². The smallest absolute Gasteiger partial charge is 0.255 e. The van der Waals surface area contributed by atoms with Crippen LogP contribution in [0.5, 0.6) is 0 Å². The number of hydrogen-bond donors (Lipinski definition) is 8. The van der Waals surface area contributed by atoms with Gasteiger partial charge in [0.15, 0.2) is 0 Å². The van der Waals surface area contributed by atoms with Gasteiger partial charge in [0.25, 0.3) is 16.7 Å². The molecule has 3 heterocycles. The summed E-state index contributed by atoms with van der Waals surface area (Å²) in [5.41, 5.74) is 13.9. The van der Waals surface area contributed by atoms with Crippen molar-refractivity contribution >= 4 is 136 Å². The number of aromatic nitrogens is 3. The van der Waals surface area contributed by atoms with Crippen LogP contribution in [0.1, 0.15) is 59.2 Å². The molecule has 3 atom stereocenters. The Kier molecular flexibility index (Phi) is 20.5. The van der Waals surface area contributed by atoms with Gasteiger partial charge >= 0.3 is 0 Å². The van der Waals surface area contributed by atoms with Gasteiger partial charge in [-0.25, -0.2) is 0 Å². The Labute approximate surface area is 471 Å². The van der Waals surface area contributed by atoms with E-state index in [0.29, 0.717) is 66.3 Å². The molecule has 3 aromatic heterocycles. The number of H-pyrrole nitrogens is 3. The molecule has 2 aliphatic rings. The SMILES string of the molecule is NC1CC1.Nc1cc2cc[nH]c(=O)c2cc1Cl.O=C(Cl)C(Cl)c1ccccc1.O=C(Nc1cc2cc[nH]c(=O)c2cc1Cl)C(Cl)c1ccccc1.O=C(Nc1cc2cc[nH]c(=O)c2cc1Cl)C(NC1CC1)c1ccccc1. The lowest BCUT2D eigenvalue weighted by Gasteiger charge is -2.19. The molecule has 0 aliphatic heterocycles. The van der Waals surface area contributed by atoms with Gasteiger partial charge in [0.2, 0.25) is 17.1 Å². The fourth-order valence-corrected chi connectivity index (χ4v) is 8.37. The second-order valence-corrected chi connectivity index (χ2v) is 20.1. The summed E-state index contributed by atoms with van der Waals surface area (Å²) >= 11 is 35.3. The van der Waals surface area contributed by atoms with Crippen molar-refractivity contribution in [3.8, 4) is 0 Å². The number of benzene rings is 6. The summed E-state index contributed by atoms with van der Waals surface area (Å²) in [6.45, 7) is 0. The number of pyridine rings is 3. The summed E-state index contributed by atoms with van der Waals surface area (Å²) in [5, 5.41) is 11.6. The molecule has 10 N–H and O–H groups in total. The molecule has 0 saturated heterocycles. The van der Waals surface area contributed by atoms with Crippen molar-refractivity contribution in [1.29, 1.82) is 0 Å². The molecular weight excluding hydrogens is 1110 g/mol. The van der Waals surface area contributed by atoms with E-state index < -0.39 is 22.0 Å². The second kappa shape index (κ2) is 27.4. The number of nitrogens with one attached hydrogen (secondary N) is 6. The zero-order chi connectivity index (χ0) is 55.2. The number of halogens is 6. The number of rotatable bonds is 10. The number of hydrogen-bond acceptors (Lipinski definition) is 9. The molecule has 14 nitrogen and oxygen atoms in total. The Bertz CT molecular complexity index is 3690. The summed E-state index contributed by atoms with van der Waals surface area (Å²) in [4.78, 5) is 78.5. The van der Waals surface area contributed by atoms with Crippen LogP contribution in [0.4, 0.5) is 17.1 Å². The van der Waals surface area contributed by atoms with Gasteiger partial charge < -0.3 is 37.1 Å². The van der Waals surface area contributed by atoms with E-state index in [1.165, 1.54) is 18.9 Å². The molecule has 2 amide bonds. The van der Waals surface area contributed by atoms with Crippen LogP contribution in [0.2, 0.25) is 15.1 Å². The average Bonchev–Trinajstić information content (AvgIpc) is 4.40. The number of aromatic amines is 3. The molecule has 2 fully saturated rings. The molecule has 0 spiro atoms. The van der Waals surface area contributed by atoms with Gasteiger partial charge in [0.05, 0.1) is 32.1 Å². The Hall–Kier alpha value is -6.98. The lowest BCUT2D eigenvalue weighted by molar-refractivity contribution is -0.118. The van der Waals surface area contributed by atoms with Gasteiger partial charge in [0, 0.05) is 46.8 Å². The van der Waals surface area contributed by atoms with Gasteiger partial charge in [-0.3, -0.25) is 34.1 Å². The minimum Gasteiger partial charge on any atom is -0.398 e. The predicted molar refractivity (Wildman–Crippen MR) is 314 cm³/mol. The number of nitrogens with two attached hydrogens (primary N) is 2. The molecule has 2 saturated carbocycles. The van der Waals surface area contributed by atoms with Crippen LogP contribution in [0.3, 0.4) is 0 Å². The van der Waals surface area contributed by atoms with Crippen molar-refractivity contribution in [3.63, 3.8) is 0 Å². The van der Waals surface area contributed by atoms with E-state index >= 15 is 0 Å². The highest BCUT2D eigenvalue weighted by atomic mass is 35.5. The van der Waals surface area contributed by atoms with Crippen molar-refractivity contribution in [2.75, 3.05) is 16.4 Å². The number of fused-ring (bicyclic) bond motifs is 3. The van der Waals surface area contributed by atoms with E-state index in [4.69, 9.17) is 81.1 Å². The molecule has 9 aromatic rings. The predicted octanol–water partition coefficient (Wildman–Crippen LogP) is 12.3. The topological polar surface area (TPSA) is 238 Å². The molecular formula is C57H50Cl6N8O6. The Balaban J connectivity index is 0.000000153. The molecule has 2 aliphatic carbocycles. The van der Waals surface area contributed by atoms with Crippen LogP contribution < -0.4 is 44.1 Å². The summed E-state index contributed by atoms with van der Waals surface area (Å²) < 4.78 is 0. The van der Waals surface area contributed by atoms with E-state index in [1.807, 2.05) is 66.7 Å². The van der Waals surface area contributed by atoms with E-state index in [-0.39, 0.29) is 33.5 Å². The van der Waals surface area contributed by atoms with Crippen LogP contribution in [-0.4, -0.2) is 44.1 Å². The lowest BCUT2D eigenvalue weighted by Crippen LogP contribution is -2.34. The van der Waals surface area contributed by atoms with Crippen molar-refractivity contribution in [2.45, 2.75) is 54.6 Å². The first-order valence-corrected chi connectivity index (χ1v) is 26.3. The molecule has 20 heteroatoms. The maximum absolute atomic E-state index is 12.9. The van der Waals surface area contributed by atoms with Crippen molar-refractivity contribution in [3.05, 3.63) is 227 Å². The van der Waals surface area contributed by atoms with Crippen molar-refractivity contribution < 1.29 is 14.4 Å². The summed E-state index contributed by atoms with van der Waals surface area (Å²) in [6, 6.07) is 43.2. The summed E-state index contributed by atoms with van der Waals surface area (Å²) in [5.74, 6) is -0.557. The Morgan fingerprint density at radius 3 is 1.29 bits per heavy atom. The van der Waals surface area contributed by atoms with E-state index in [9.17, 15) is 28.8 Å². The minimum atomic E-state index is -0.831. The van der Waals surface area contributed by atoms with Crippen LogP contribution in [-0.2, 0) is 14.4 Å². The molecule has 6 aromatic carbocycles. The highest BCUT2D eigenvalue weighted by molar-refractivity contribution is 6.68. The zero-order valence-corrected chi connectivity index (χ0v) is 45.2. The van der Waals surface area contributed by atoms with Gasteiger partial charge in [-0.15, -0.1) is 23.2 Å². The third kappa shape index (κ3) is 16.5. The first kappa shape index (κ1) is 57.7. The number of amides is 2. The molecule has 3 unspecified atom stereocenters. The Morgan fingerprint density at radius 2 is 0.883 bits per heavy atom. The lowest BCUT2D eigenvalue weighted by atomic mass is 10.1. The third-order valence-corrected chi connectivity index (χ3v) is 13.9. The minimum absolute atomic E-state index is 0.153. The maximum atomic E-state index is 12.9. The fraction of sp³-hybridized carbons (Fsp3) is 0.158. The second-order valence-electron chi connectivity index (χ2n) is 17.7. The molecule has 11 rings (SSSR count). The number of anilines is 3. The Morgan fingerprint density at radius 1 is 0.506 bits per heavy atom. The number of nitrogen functional groups attached to an aromatic ring is 1. The van der Waals surface area contributed by atoms with Gasteiger partial charge in [-0.1, -0.05) is 126 Å². The van der Waals surface area contributed by atoms with Gasteiger partial charge in [-0.05, 0) is 125 Å². The largest absolute Gasteiger partial charge is 0.398 e. The average molecular weight is 1160 g/mol. The first-order valence-electron chi connectivity index (χ1n) is 23.9. The molecule has 77 heavy (non-hydrogen) atoms. The molecule has 0 bridgehead atoms. The standard InChI is InChI=1S/C20H18ClN3O2.C17H12Cl2N2O2.C9H7ClN2O.C8H6Cl2O.C3H7N/c21-16-11-15-13(8-9-22-19(15)25)10-17(16)24-20(26)18(23-14-6-7-14)12-4-2-1-3-5-12;18-13-9-12-11(6-7-20-16(12)22)8-14(13)21-17(23)15(19)10-4-2-1-3-5-10;10-7-4-6-5(3-8(7)11)1-2-12-9(6)13;9-7(8(10)11)6-4-2-1-3-5-6;4-3-1-2-3/h1-5,8-11,14,18,23H,6-7H2,(H,22,25)(H,24,26);1-9,15H,(H,20,22)(H,21,23);1-4H,11H2,(H,12,13);1-5,7H;3H,1-2,4H2. The van der Waals surface area contributed by atoms with Crippen LogP contribution in [0, 0.1) is 0 Å². The summed E-state index contributed by atoms with van der Waals surface area (Å²) in [7, 11) is 0. The van der Waals surface area contributed by atoms with Gasteiger partial charge in [-0.2, -0.15) is 0 Å². The van der Waals surface area contributed by atoms with Crippen LogP contribution >= 0.6 is 69.6 Å². The quantitative estimate of drug-likeness (QED) is 0.0369. The zero-order valence-electron chi connectivity index (χ0n) is 40.7. The van der Waals surface area contributed by atoms with Crippen molar-refractivity contribution in [1.82, 2.24) is 20.3 Å². The number of alkyl halides is 2. The number of carbonyl (C=O) groups excluding carboxylic acids is 3. The monoisotopic (exact) mass is 1150 g/mol. The summed E-state index contributed by atoms with van der Waals surface area (Å²) in [6.07, 6.45) is 9.38. The normalized spacial score (nSPS) is 13.6. The molecule has 0 radical (unpaired) electrons. The highest BCUT2D eigenvalue weighted by Crippen LogP contribution is 2.32. The van der Waals surface area contributed by atoms with E-state index in [2.05, 4.69) is 30.9 Å². The third-order valence-electron chi connectivity index (χ3n) is 11.7. The first-order chi connectivity index (χ1) is 37.0. The van der Waals surface area contributed by atoms with E-state index in [0.717, 1.165) is 34.7 Å². The van der Waals surface area contributed by atoms with Crippen LogP contribution in [0.25, 0.3) is 32.3 Å². The van der Waals surface area contributed by atoms with Gasteiger partial charge in [0.1, 0.15) is 16.8 Å².